The lowest BCUT2D eigenvalue weighted by atomic mass is 10.1. The number of hydrogen-bond donors (Lipinski definition) is 0. The quantitative estimate of drug-likeness (QED) is 0.605. The van der Waals surface area contributed by atoms with E-state index >= 15 is 0 Å². The maximum absolute atomic E-state index is 12.6. The van der Waals surface area contributed by atoms with Crippen LogP contribution in [0.3, 0.4) is 0 Å². The van der Waals surface area contributed by atoms with Crippen LogP contribution < -0.4 is 9.47 Å². The van der Waals surface area contributed by atoms with Crippen molar-refractivity contribution in [3.63, 3.8) is 0 Å². The number of amides is 2. The third-order valence-corrected chi connectivity index (χ3v) is 5.97. The van der Waals surface area contributed by atoms with E-state index in [1.807, 2.05) is 65.3 Å². The SMILES string of the molecule is CCOc1ccc(SCC(=O)N2CCN(C(=O)Cc3cccc(OC)c3)CC2)cc1. The summed E-state index contributed by atoms with van der Waals surface area (Å²) in [5, 5.41) is 0. The van der Waals surface area contributed by atoms with Gasteiger partial charge in [0.1, 0.15) is 11.5 Å². The van der Waals surface area contributed by atoms with Gasteiger partial charge in [-0.25, -0.2) is 0 Å². The second-order valence-corrected chi connectivity index (χ2v) is 8.03. The predicted octanol–water partition coefficient (Wildman–Crippen LogP) is 3.10. The van der Waals surface area contributed by atoms with E-state index < -0.39 is 0 Å². The number of carbonyl (C=O) groups excluding carboxylic acids is 2. The molecule has 0 unspecified atom stereocenters. The molecule has 0 aromatic heterocycles. The molecule has 1 saturated heterocycles. The molecule has 3 rings (SSSR count). The van der Waals surface area contributed by atoms with E-state index in [0.717, 1.165) is 22.0 Å². The van der Waals surface area contributed by atoms with E-state index in [1.54, 1.807) is 7.11 Å². The fourth-order valence-electron chi connectivity index (χ4n) is 3.31. The summed E-state index contributed by atoms with van der Waals surface area (Å²) < 4.78 is 10.7. The van der Waals surface area contributed by atoms with E-state index in [0.29, 0.717) is 45.0 Å². The van der Waals surface area contributed by atoms with Gasteiger partial charge in [-0.15, -0.1) is 11.8 Å². The van der Waals surface area contributed by atoms with E-state index in [9.17, 15) is 9.59 Å². The summed E-state index contributed by atoms with van der Waals surface area (Å²) >= 11 is 1.52. The van der Waals surface area contributed by atoms with Crippen LogP contribution in [-0.2, 0) is 16.0 Å². The lowest BCUT2D eigenvalue weighted by Crippen LogP contribution is -2.51. The maximum atomic E-state index is 12.6. The molecule has 0 radical (unpaired) electrons. The summed E-state index contributed by atoms with van der Waals surface area (Å²) in [5.41, 5.74) is 0.935. The van der Waals surface area contributed by atoms with Crippen LogP contribution in [0.1, 0.15) is 12.5 Å². The minimum atomic E-state index is 0.0825. The van der Waals surface area contributed by atoms with Crippen LogP contribution in [0, 0.1) is 0 Å². The Morgan fingerprint density at radius 1 is 0.933 bits per heavy atom. The number of piperazine rings is 1. The number of benzene rings is 2. The van der Waals surface area contributed by atoms with Crippen molar-refractivity contribution in [3.8, 4) is 11.5 Å². The standard InChI is InChI=1S/C23H28N2O4S/c1-3-29-19-7-9-21(10-8-19)30-17-23(27)25-13-11-24(12-14-25)22(26)16-18-5-4-6-20(15-18)28-2/h4-10,15H,3,11-14,16-17H2,1-2H3. The molecule has 0 saturated carbocycles. The van der Waals surface area contributed by atoms with Gasteiger partial charge >= 0.3 is 0 Å². The number of rotatable bonds is 8. The zero-order valence-corrected chi connectivity index (χ0v) is 18.3. The highest BCUT2D eigenvalue weighted by atomic mass is 32.2. The molecule has 1 aliphatic heterocycles. The first-order valence-electron chi connectivity index (χ1n) is 10.1. The molecule has 0 atom stereocenters. The number of hydrogen-bond acceptors (Lipinski definition) is 5. The Labute approximate surface area is 182 Å². The van der Waals surface area contributed by atoms with Crippen LogP contribution in [0.15, 0.2) is 53.4 Å². The zero-order valence-electron chi connectivity index (χ0n) is 17.5. The smallest absolute Gasteiger partial charge is 0.233 e. The van der Waals surface area contributed by atoms with Crippen molar-refractivity contribution in [1.29, 1.82) is 0 Å². The highest BCUT2D eigenvalue weighted by Gasteiger charge is 2.24. The van der Waals surface area contributed by atoms with Gasteiger partial charge in [-0.2, -0.15) is 0 Å². The Balaban J connectivity index is 1.42. The molecule has 7 heteroatoms. The third kappa shape index (κ3) is 6.16. The first-order chi connectivity index (χ1) is 14.6. The Kier molecular flexibility index (Phi) is 8.02. The molecule has 160 valence electrons. The normalized spacial score (nSPS) is 13.8. The molecular weight excluding hydrogens is 400 g/mol. The van der Waals surface area contributed by atoms with E-state index in [2.05, 4.69) is 0 Å². The van der Waals surface area contributed by atoms with Gasteiger partial charge in [0.15, 0.2) is 0 Å². The van der Waals surface area contributed by atoms with Crippen molar-refractivity contribution in [2.75, 3.05) is 45.6 Å². The molecule has 2 aromatic carbocycles. The van der Waals surface area contributed by atoms with Crippen LogP contribution in [0.2, 0.25) is 0 Å². The summed E-state index contributed by atoms with van der Waals surface area (Å²) in [7, 11) is 1.62. The van der Waals surface area contributed by atoms with Crippen LogP contribution >= 0.6 is 11.8 Å². The average Bonchev–Trinajstić information content (AvgIpc) is 2.79. The molecular formula is C23H28N2O4S. The van der Waals surface area contributed by atoms with Crippen LogP contribution in [0.5, 0.6) is 11.5 Å². The summed E-state index contributed by atoms with van der Waals surface area (Å²) in [4.78, 5) is 29.9. The third-order valence-electron chi connectivity index (χ3n) is 4.97. The Bertz CT molecular complexity index is 849. The van der Waals surface area contributed by atoms with Gasteiger partial charge in [-0.1, -0.05) is 12.1 Å². The minimum Gasteiger partial charge on any atom is -0.497 e. The van der Waals surface area contributed by atoms with Crippen molar-refractivity contribution in [1.82, 2.24) is 9.80 Å². The minimum absolute atomic E-state index is 0.0825. The first-order valence-corrected chi connectivity index (χ1v) is 11.1. The molecule has 30 heavy (non-hydrogen) atoms. The lowest BCUT2D eigenvalue weighted by Gasteiger charge is -2.35. The van der Waals surface area contributed by atoms with Gasteiger partial charge in [0.25, 0.3) is 0 Å². The Morgan fingerprint density at radius 2 is 1.60 bits per heavy atom. The Morgan fingerprint density at radius 3 is 2.23 bits per heavy atom. The number of nitrogens with zero attached hydrogens (tertiary/aromatic N) is 2. The molecule has 1 fully saturated rings. The molecule has 1 heterocycles. The highest BCUT2D eigenvalue weighted by Crippen LogP contribution is 2.22. The van der Waals surface area contributed by atoms with Gasteiger partial charge < -0.3 is 19.3 Å². The average molecular weight is 429 g/mol. The summed E-state index contributed by atoms with van der Waals surface area (Å²) in [6, 6.07) is 15.3. The van der Waals surface area contributed by atoms with Crippen LogP contribution in [-0.4, -0.2) is 67.3 Å². The van der Waals surface area contributed by atoms with Crippen LogP contribution in [0.25, 0.3) is 0 Å². The monoisotopic (exact) mass is 428 g/mol. The van der Waals surface area contributed by atoms with Gasteiger partial charge in [-0.05, 0) is 48.9 Å². The fraction of sp³-hybridized carbons (Fsp3) is 0.391. The molecule has 1 aliphatic rings. The summed E-state index contributed by atoms with van der Waals surface area (Å²) in [5.74, 6) is 2.17. The number of methoxy groups -OCH3 is 1. The maximum Gasteiger partial charge on any atom is 0.233 e. The topological polar surface area (TPSA) is 59.1 Å². The van der Waals surface area contributed by atoms with E-state index in [-0.39, 0.29) is 11.8 Å². The Hall–Kier alpha value is -2.67. The van der Waals surface area contributed by atoms with Gasteiger partial charge in [0.05, 0.1) is 25.9 Å². The first kappa shape index (κ1) is 22.0. The number of thioether (sulfide) groups is 1. The second-order valence-electron chi connectivity index (χ2n) is 6.98. The van der Waals surface area contributed by atoms with Gasteiger partial charge in [0, 0.05) is 31.1 Å². The van der Waals surface area contributed by atoms with E-state index in [1.165, 1.54) is 11.8 Å². The second kappa shape index (κ2) is 10.9. The largest absolute Gasteiger partial charge is 0.497 e. The molecule has 2 aromatic rings. The number of ether oxygens (including phenoxy) is 2. The molecule has 6 nitrogen and oxygen atoms in total. The molecule has 0 spiro atoms. The fourth-order valence-corrected chi connectivity index (χ4v) is 4.11. The zero-order chi connectivity index (χ0) is 21.3. The summed E-state index contributed by atoms with van der Waals surface area (Å²) in [6.07, 6.45) is 0.346. The van der Waals surface area contributed by atoms with Crippen molar-refractivity contribution in [2.45, 2.75) is 18.2 Å². The van der Waals surface area contributed by atoms with Crippen molar-refractivity contribution in [2.24, 2.45) is 0 Å². The number of carbonyl (C=O) groups is 2. The van der Waals surface area contributed by atoms with Crippen molar-refractivity contribution >= 4 is 23.6 Å². The lowest BCUT2D eigenvalue weighted by molar-refractivity contribution is -0.137. The molecule has 2 amide bonds. The highest BCUT2D eigenvalue weighted by molar-refractivity contribution is 8.00. The van der Waals surface area contributed by atoms with Gasteiger partial charge in [-0.3, -0.25) is 9.59 Å². The molecule has 0 N–H and O–H groups in total. The summed E-state index contributed by atoms with van der Waals surface area (Å²) in [6.45, 7) is 4.88. The van der Waals surface area contributed by atoms with Gasteiger partial charge in [0.2, 0.25) is 11.8 Å². The van der Waals surface area contributed by atoms with E-state index in [4.69, 9.17) is 9.47 Å². The van der Waals surface area contributed by atoms with Crippen molar-refractivity contribution in [3.05, 3.63) is 54.1 Å². The predicted molar refractivity (Wildman–Crippen MR) is 118 cm³/mol. The van der Waals surface area contributed by atoms with Crippen molar-refractivity contribution < 1.29 is 19.1 Å². The molecule has 0 bridgehead atoms. The molecule has 0 aliphatic carbocycles. The van der Waals surface area contributed by atoms with Crippen LogP contribution in [0.4, 0.5) is 0 Å².